The molecule has 1 aromatic rings. The van der Waals surface area contributed by atoms with Crippen LogP contribution in [0.2, 0.25) is 0 Å². The quantitative estimate of drug-likeness (QED) is 0.640. The maximum absolute atomic E-state index is 10.9. The molecule has 0 aliphatic heterocycles. The lowest BCUT2D eigenvalue weighted by molar-refractivity contribution is 0.149. The van der Waals surface area contributed by atoms with Crippen LogP contribution in [0, 0.1) is 0 Å². The van der Waals surface area contributed by atoms with Crippen LogP contribution in [0.25, 0.3) is 0 Å². The second kappa shape index (κ2) is 4.61. The first-order chi connectivity index (χ1) is 6.22. The monoisotopic (exact) mass is 183 g/mol. The Kier molecular flexibility index (Phi) is 3.45. The molecule has 0 atom stereocenters. The minimum absolute atomic E-state index is 0.223. The Balaban J connectivity index is 2.61. The van der Waals surface area contributed by atoms with E-state index < -0.39 is 0 Å². The van der Waals surface area contributed by atoms with Gasteiger partial charge in [-0.25, -0.2) is 4.98 Å². The standard InChI is InChI=1S/C8H13N3O2/c1-2-13-4-3-7-10-6(9)5-8(12)11-7/h5H,2-4H2,1H3,(H3,9,10,11,12). The molecule has 0 saturated carbocycles. The van der Waals surface area contributed by atoms with Gasteiger partial charge in [-0.3, -0.25) is 4.79 Å². The predicted octanol–water partition coefficient (Wildman–Crippen LogP) is -0.0689. The fourth-order valence-electron chi connectivity index (χ4n) is 0.960. The van der Waals surface area contributed by atoms with E-state index >= 15 is 0 Å². The number of ether oxygens (including phenoxy) is 1. The number of H-pyrrole nitrogens is 1. The number of aromatic nitrogens is 2. The molecular formula is C8H13N3O2. The van der Waals surface area contributed by atoms with Crippen molar-refractivity contribution in [2.75, 3.05) is 18.9 Å². The van der Waals surface area contributed by atoms with Gasteiger partial charge in [0.25, 0.3) is 5.56 Å². The molecule has 5 nitrogen and oxygen atoms in total. The van der Waals surface area contributed by atoms with Gasteiger partial charge in [0.1, 0.15) is 11.6 Å². The van der Waals surface area contributed by atoms with Crippen LogP contribution in [0.1, 0.15) is 12.7 Å². The van der Waals surface area contributed by atoms with E-state index in [0.717, 1.165) is 0 Å². The lowest BCUT2D eigenvalue weighted by atomic mass is 10.4. The number of aromatic amines is 1. The van der Waals surface area contributed by atoms with E-state index in [2.05, 4.69) is 9.97 Å². The van der Waals surface area contributed by atoms with Crippen molar-refractivity contribution in [2.24, 2.45) is 0 Å². The number of anilines is 1. The molecule has 0 fully saturated rings. The molecule has 72 valence electrons. The zero-order valence-electron chi connectivity index (χ0n) is 7.54. The molecule has 1 aromatic heterocycles. The Labute approximate surface area is 75.9 Å². The molecule has 0 aliphatic carbocycles. The smallest absolute Gasteiger partial charge is 0.252 e. The summed E-state index contributed by atoms with van der Waals surface area (Å²) in [5.41, 5.74) is 5.17. The molecule has 0 saturated heterocycles. The summed E-state index contributed by atoms with van der Waals surface area (Å²) in [5.74, 6) is 0.814. The van der Waals surface area contributed by atoms with Crippen LogP contribution in [0.15, 0.2) is 10.9 Å². The van der Waals surface area contributed by atoms with Gasteiger partial charge in [0.15, 0.2) is 0 Å². The summed E-state index contributed by atoms with van der Waals surface area (Å²) in [6, 6.07) is 1.25. The van der Waals surface area contributed by atoms with Gasteiger partial charge < -0.3 is 15.5 Å². The molecule has 0 unspecified atom stereocenters. The molecule has 5 heteroatoms. The van der Waals surface area contributed by atoms with E-state index in [1.807, 2.05) is 6.92 Å². The highest BCUT2D eigenvalue weighted by atomic mass is 16.5. The molecule has 0 amide bonds. The van der Waals surface area contributed by atoms with Gasteiger partial charge in [-0.15, -0.1) is 0 Å². The zero-order valence-corrected chi connectivity index (χ0v) is 7.54. The van der Waals surface area contributed by atoms with Crippen molar-refractivity contribution in [3.63, 3.8) is 0 Å². The third-order valence-corrected chi connectivity index (χ3v) is 1.50. The number of hydrogen-bond donors (Lipinski definition) is 2. The number of nitrogens with zero attached hydrogens (tertiary/aromatic N) is 1. The van der Waals surface area contributed by atoms with Crippen molar-refractivity contribution in [1.82, 2.24) is 9.97 Å². The molecule has 0 spiro atoms. The highest BCUT2D eigenvalue weighted by Crippen LogP contribution is 1.93. The number of rotatable bonds is 4. The van der Waals surface area contributed by atoms with E-state index in [9.17, 15) is 4.79 Å². The Morgan fingerprint density at radius 3 is 3.08 bits per heavy atom. The summed E-state index contributed by atoms with van der Waals surface area (Å²) >= 11 is 0. The summed E-state index contributed by atoms with van der Waals surface area (Å²) in [6.07, 6.45) is 0.578. The zero-order chi connectivity index (χ0) is 9.68. The molecule has 3 N–H and O–H groups in total. The first-order valence-electron chi connectivity index (χ1n) is 4.16. The van der Waals surface area contributed by atoms with Gasteiger partial charge in [-0.05, 0) is 6.92 Å². The molecule has 13 heavy (non-hydrogen) atoms. The minimum Gasteiger partial charge on any atom is -0.383 e. The fourth-order valence-corrected chi connectivity index (χ4v) is 0.960. The Bertz CT molecular complexity index is 321. The molecule has 0 aromatic carbocycles. The Hall–Kier alpha value is -1.36. The molecule has 1 heterocycles. The van der Waals surface area contributed by atoms with E-state index in [0.29, 0.717) is 25.5 Å². The summed E-state index contributed by atoms with van der Waals surface area (Å²) in [7, 11) is 0. The van der Waals surface area contributed by atoms with Gasteiger partial charge in [-0.1, -0.05) is 0 Å². The lowest BCUT2D eigenvalue weighted by Gasteiger charge is -2.01. The second-order valence-electron chi connectivity index (χ2n) is 2.56. The second-order valence-corrected chi connectivity index (χ2v) is 2.56. The van der Waals surface area contributed by atoms with Crippen LogP contribution in [-0.4, -0.2) is 23.2 Å². The van der Waals surface area contributed by atoms with Crippen LogP contribution in [0.5, 0.6) is 0 Å². The minimum atomic E-state index is -0.223. The first-order valence-corrected chi connectivity index (χ1v) is 4.16. The summed E-state index contributed by atoms with van der Waals surface area (Å²) < 4.78 is 5.11. The van der Waals surface area contributed by atoms with Crippen molar-refractivity contribution < 1.29 is 4.74 Å². The highest BCUT2D eigenvalue weighted by molar-refractivity contribution is 5.25. The van der Waals surface area contributed by atoms with Gasteiger partial charge in [0.2, 0.25) is 0 Å². The normalized spacial score (nSPS) is 10.2. The van der Waals surface area contributed by atoms with Crippen LogP contribution in [0.4, 0.5) is 5.82 Å². The van der Waals surface area contributed by atoms with Gasteiger partial charge in [-0.2, -0.15) is 0 Å². The summed E-state index contributed by atoms with van der Waals surface area (Å²) in [4.78, 5) is 17.5. The van der Waals surface area contributed by atoms with Crippen molar-refractivity contribution >= 4 is 5.82 Å². The molecule has 1 rings (SSSR count). The maximum atomic E-state index is 10.9. The highest BCUT2D eigenvalue weighted by Gasteiger charge is 1.97. The third kappa shape index (κ3) is 3.25. The van der Waals surface area contributed by atoms with Crippen molar-refractivity contribution in [3.05, 3.63) is 22.2 Å². The average molecular weight is 183 g/mol. The average Bonchev–Trinajstić information content (AvgIpc) is 2.03. The van der Waals surface area contributed by atoms with Crippen LogP contribution >= 0.6 is 0 Å². The van der Waals surface area contributed by atoms with E-state index in [1.54, 1.807) is 0 Å². The third-order valence-electron chi connectivity index (χ3n) is 1.50. The Morgan fingerprint density at radius 1 is 1.69 bits per heavy atom. The van der Waals surface area contributed by atoms with E-state index in [4.69, 9.17) is 10.5 Å². The van der Waals surface area contributed by atoms with Crippen LogP contribution in [0.3, 0.4) is 0 Å². The summed E-state index contributed by atoms with van der Waals surface area (Å²) in [5, 5.41) is 0. The van der Waals surface area contributed by atoms with E-state index in [1.165, 1.54) is 6.07 Å². The first kappa shape index (κ1) is 9.73. The number of nitrogen functional groups attached to an aromatic ring is 1. The van der Waals surface area contributed by atoms with Gasteiger partial charge >= 0.3 is 0 Å². The largest absolute Gasteiger partial charge is 0.383 e. The number of nitrogens with one attached hydrogen (secondary N) is 1. The predicted molar refractivity (Wildman–Crippen MR) is 49.5 cm³/mol. The van der Waals surface area contributed by atoms with Gasteiger partial charge in [0.05, 0.1) is 6.61 Å². The van der Waals surface area contributed by atoms with Crippen molar-refractivity contribution in [3.8, 4) is 0 Å². The molecule has 0 bridgehead atoms. The van der Waals surface area contributed by atoms with E-state index in [-0.39, 0.29) is 11.4 Å². The molecule has 0 radical (unpaired) electrons. The maximum Gasteiger partial charge on any atom is 0.252 e. The Morgan fingerprint density at radius 2 is 2.46 bits per heavy atom. The van der Waals surface area contributed by atoms with Crippen LogP contribution < -0.4 is 11.3 Å². The molecular weight excluding hydrogens is 170 g/mol. The summed E-state index contributed by atoms with van der Waals surface area (Å²) in [6.45, 7) is 3.12. The SMILES string of the molecule is CCOCCc1nc(N)cc(=O)[nH]1. The topological polar surface area (TPSA) is 81.0 Å². The molecule has 0 aliphatic rings. The van der Waals surface area contributed by atoms with Gasteiger partial charge in [0, 0.05) is 19.1 Å². The van der Waals surface area contributed by atoms with Crippen molar-refractivity contribution in [2.45, 2.75) is 13.3 Å². The fraction of sp³-hybridized carbons (Fsp3) is 0.500. The van der Waals surface area contributed by atoms with Crippen LogP contribution in [-0.2, 0) is 11.2 Å². The number of nitrogens with two attached hydrogens (primary N) is 1. The lowest BCUT2D eigenvalue weighted by Crippen LogP contribution is -2.13. The number of hydrogen-bond acceptors (Lipinski definition) is 4. The van der Waals surface area contributed by atoms with Crippen molar-refractivity contribution in [1.29, 1.82) is 0 Å².